The molecule has 23 heavy (non-hydrogen) atoms. The zero-order valence-electron chi connectivity index (χ0n) is 14.3. The van der Waals surface area contributed by atoms with Gasteiger partial charge in [-0.1, -0.05) is 29.8 Å². The number of aryl methyl sites for hydroxylation is 2. The van der Waals surface area contributed by atoms with Gasteiger partial charge in [0.25, 0.3) is 0 Å². The minimum absolute atomic E-state index is 0.00904. The van der Waals surface area contributed by atoms with E-state index in [2.05, 4.69) is 32.0 Å². The van der Waals surface area contributed by atoms with Crippen LogP contribution in [-0.4, -0.2) is 20.0 Å². The van der Waals surface area contributed by atoms with Gasteiger partial charge in [-0.2, -0.15) is 0 Å². The molecule has 0 spiro atoms. The second-order valence-electron chi connectivity index (χ2n) is 5.56. The van der Waals surface area contributed by atoms with E-state index in [0.29, 0.717) is 11.5 Å². The third-order valence-corrected chi connectivity index (χ3v) is 3.71. The molecule has 0 aliphatic heterocycles. The summed E-state index contributed by atoms with van der Waals surface area (Å²) in [5.74, 6) is 1.32. The number of allylic oxidation sites excluding steroid dienone is 1. The summed E-state index contributed by atoms with van der Waals surface area (Å²) >= 11 is 0. The van der Waals surface area contributed by atoms with Gasteiger partial charge in [0.1, 0.15) is 0 Å². The van der Waals surface area contributed by atoms with Gasteiger partial charge in [-0.25, -0.2) is 0 Å². The maximum absolute atomic E-state index is 11.7. The van der Waals surface area contributed by atoms with Crippen molar-refractivity contribution in [3.8, 4) is 11.5 Å². The summed E-state index contributed by atoms with van der Waals surface area (Å²) in [5, 5.41) is 0. The van der Waals surface area contributed by atoms with Crippen LogP contribution < -0.4 is 9.47 Å². The van der Waals surface area contributed by atoms with Crippen LogP contribution in [0, 0.1) is 13.8 Å². The first-order valence-corrected chi connectivity index (χ1v) is 7.48. The van der Waals surface area contributed by atoms with Crippen LogP contribution in [0.3, 0.4) is 0 Å². The molecule has 0 atom stereocenters. The second kappa shape index (κ2) is 7.14. The topological polar surface area (TPSA) is 35.5 Å². The van der Waals surface area contributed by atoms with Gasteiger partial charge in [-0.3, -0.25) is 4.79 Å². The predicted octanol–water partition coefficient (Wildman–Crippen LogP) is 4.34. The van der Waals surface area contributed by atoms with Crippen LogP contribution >= 0.6 is 0 Å². The predicted molar refractivity (Wildman–Crippen MR) is 93.2 cm³/mol. The van der Waals surface area contributed by atoms with Gasteiger partial charge in [0.2, 0.25) is 0 Å². The van der Waals surface area contributed by atoms with Crippen LogP contribution in [0.4, 0.5) is 0 Å². The standard InChI is InChI=1S/C20H22O3/c1-13-6-8-17(14(2)10-13)18(11-15(3)21)16-7-9-19(22-4)20(12-16)23-5/h6-12H,1-5H3/b18-11+. The van der Waals surface area contributed by atoms with Crippen LogP contribution in [0.25, 0.3) is 5.57 Å². The Morgan fingerprint density at radius 2 is 1.65 bits per heavy atom. The van der Waals surface area contributed by atoms with Crippen LogP contribution in [0.15, 0.2) is 42.5 Å². The monoisotopic (exact) mass is 310 g/mol. The average molecular weight is 310 g/mol. The lowest BCUT2D eigenvalue weighted by Crippen LogP contribution is -1.97. The fraction of sp³-hybridized carbons (Fsp3) is 0.250. The molecular formula is C20H22O3. The van der Waals surface area contributed by atoms with Crippen molar-refractivity contribution in [2.75, 3.05) is 14.2 Å². The maximum atomic E-state index is 11.7. The van der Waals surface area contributed by atoms with Gasteiger partial charge in [-0.05, 0) is 61.2 Å². The summed E-state index contributed by atoms with van der Waals surface area (Å²) in [6.07, 6.45) is 1.67. The maximum Gasteiger partial charge on any atom is 0.161 e. The van der Waals surface area contributed by atoms with E-state index in [0.717, 1.165) is 22.3 Å². The fourth-order valence-electron chi connectivity index (χ4n) is 2.64. The molecule has 0 unspecified atom stereocenters. The molecule has 0 heterocycles. The lowest BCUT2D eigenvalue weighted by Gasteiger charge is -2.14. The summed E-state index contributed by atoms with van der Waals surface area (Å²) in [4.78, 5) is 11.7. The molecule has 0 aliphatic rings. The molecular weight excluding hydrogens is 288 g/mol. The minimum Gasteiger partial charge on any atom is -0.493 e. The SMILES string of the molecule is COc1ccc(/C(=C\C(C)=O)c2ccc(C)cc2C)cc1OC. The van der Waals surface area contributed by atoms with E-state index >= 15 is 0 Å². The van der Waals surface area contributed by atoms with E-state index in [9.17, 15) is 4.79 Å². The van der Waals surface area contributed by atoms with Crippen molar-refractivity contribution in [3.63, 3.8) is 0 Å². The molecule has 0 aromatic heterocycles. The number of carbonyl (C=O) groups is 1. The average Bonchev–Trinajstić information content (AvgIpc) is 2.52. The molecule has 2 aromatic rings. The Morgan fingerprint density at radius 1 is 0.957 bits per heavy atom. The first-order chi connectivity index (χ1) is 11.0. The Hall–Kier alpha value is -2.55. The van der Waals surface area contributed by atoms with Crippen LogP contribution in [0.5, 0.6) is 11.5 Å². The normalized spacial score (nSPS) is 11.3. The molecule has 0 saturated heterocycles. The number of ketones is 1. The Kier molecular flexibility index (Phi) is 5.22. The Morgan fingerprint density at radius 3 is 2.22 bits per heavy atom. The quantitative estimate of drug-likeness (QED) is 0.771. The minimum atomic E-state index is 0.00904. The van der Waals surface area contributed by atoms with Gasteiger partial charge in [0.05, 0.1) is 14.2 Å². The van der Waals surface area contributed by atoms with Crippen molar-refractivity contribution in [2.24, 2.45) is 0 Å². The number of carbonyl (C=O) groups excluding carboxylic acids is 1. The van der Waals surface area contributed by atoms with E-state index in [1.807, 2.05) is 18.2 Å². The highest BCUT2D eigenvalue weighted by Gasteiger charge is 2.12. The summed E-state index contributed by atoms with van der Waals surface area (Å²) in [7, 11) is 3.21. The van der Waals surface area contributed by atoms with Crippen LogP contribution in [0.2, 0.25) is 0 Å². The van der Waals surface area contributed by atoms with E-state index in [1.165, 1.54) is 5.56 Å². The van der Waals surface area contributed by atoms with E-state index < -0.39 is 0 Å². The molecule has 2 aromatic carbocycles. The third kappa shape index (κ3) is 3.81. The molecule has 120 valence electrons. The van der Waals surface area contributed by atoms with Gasteiger partial charge >= 0.3 is 0 Å². The largest absolute Gasteiger partial charge is 0.493 e. The summed E-state index contributed by atoms with van der Waals surface area (Å²) in [5.41, 5.74) is 5.17. The van der Waals surface area contributed by atoms with Crippen molar-refractivity contribution < 1.29 is 14.3 Å². The number of hydrogen-bond acceptors (Lipinski definition) is 3. The molecule has 3 heteroatoms. The van der Waals surface area contributed by atoms with E-state index in [1.54, 1.807) is 27.2 Å². The third-order valence-electron chi connectivity index (χ3n) is 3.71. The summed E-state index contributed by atoms with van der Waals surface area (Å²) in [6.45, 7) is 5.67. The Bertz CT molecular complexity index is 757. The van der Waals surface area contributed by atoms with Crippen molar-refractivity contribution in [3.05, 3.63) is 64.7 Å². The van der Waals surface area contributed by atoms with E-state index in [4.69, 9.17) is 9.47 Å². The van der Waals surface area contributed by atoms with Gasteiger partial charge in [0.15, 0.2) is 17.3 Å². The second-order valence-corrected chi connectivity index (χ2v) is 5.56. The molecule has 0 N–H and O–H groups in total. The first-order valence-electron chi connectivity index (χ1n) is 7.48. The van der Waals surface area contributed by atoms with Crippen LogP contribution in [-0.2, 0) is 4.79 Å². The number of methoxy groups -OCH3 is 2. The number of rotatable bonds is 5. The zero-order valence-corrected chi connectivity index (χ0v) is 14.3. The van der Waals surface area contributed by atoms with Crippen molar-refractivity contribution in [1.82, 2.24) is 0 Å². The van der Waals surface area contributed by atoms with Gasteiger partial charge in [0, 0.05) is 0 Å². The molecule has 0 amide bonds. The molecule has 0 aliphatic carbocycles. The smallest absolute Gasteiger partial charge is 0.161 e. The van der Waals surface area contributed by atoms with Crippen molar-refractivity contribution in [2.45, 2.75) is 20.8 Å². The van der Waals surface area contributed by atoms with Crippen LogP contribution in [0.1, 0.15) is 29.2 Å². The summed E-state index contributed by atoms with van der Waals surface area (Å²) in [6, 6.07) is 11.9. The highest BCUT2D eigenvalue weighted by Crippen LogP contribution is 2.34. The van der Waals surface area contributed by atoms with Crippen molar-refractivity contribution >= 4 is 11.4 Å². The molecule has 0 radical (unpaired) electrons. The fourth-order valence-corrected chi connectivity index (χ4v) is 2.64. The molecule has 0 fully saturated rings. The Labute approximate surface area is 137 Å². The Balaban J connectivity index is 2.63. The lowest BCUT2D eigenvalue weighted by molar-refractivity contribution is -0.112. The molecule has 0 bridgehead atoms. The molecule has 3 nitrogen and oxygen atoms in total. The summed E-state index contributed by atoms with van der Waals surface area (Å²) < 4.78 is 10.7. The first kappa shape index (κ1) is 16.8. The zero-order chi connectivity index (χ0) is 17.0. The van der Waals surface area contributed by atoms with E-state index in [-0.39, 0.29) is 5.78 Å². The highest BCUT2D eigenvalue weighted by atomic mass is 16.5. The van der Waals surface area contributed by atoms with Gasteiger partial charge < -0.3 is 9.47 Å². The number of hydrogen-bond donors (Lipinski definition) is 0. The molecule has 2 rings (SSSR count). The van der Waals surface area contributed by atoms with Gasteiger partial charge in [-0.15, -0.1) is 0 Å². The number of ether oxygens (including phenoxy) is 2. The molecule has 0 saturated carbocycles. The lowest BCUT2D eigenvalue weighted by atomic mass is 9.92. The number of benzene rings is 2. The highest BCUT2D eigenvalue weighted by molar-refractivity contribution is 5.99. The van der Waals surface area contributed by atoms with Crippen molar-refractivity contribution in [1.29, 1.82) is 0 Å².